The summed E-state index contributed by atoms with van der Waals surface area (Å²) in [6, 6.07) is -0.221. The summed E-state index contributed by atoms with van der Waals surface area (Å²) >= 11 is 1.65. The maximum absolute atomic E-state index is 12.5. The van der Waals surface area contributed by atoms with Crippen molar-refractivity contribution < 1.29 is 14.3 Å². The SMILES string of the molecule is C[C@H](CC[C@H]1CCCO1)NC(=O)[C@@H]1CSCN1C(=O)C(C)(C)C. The lowest BCUT2D eigenvalue weighted by atomic mass is 9.94. The van der Waals surface area contributed by atoms with E-state index in [4.69, 9.17) is 4.74 Å². The Kier molecular flexibility index (Phi) is 6.37. The molecule has 0 radical (unpaired) electrons. The third-order valence-electron chi connectivity index (χ3n) is 4.42. The van der Waals surface area contributed by atoms with Gasteiger partial charge in [-0.25, -0.2) is 0 Å². The van der Waals surface area contributed by atoms with Crippen molar-refractivity contribution in [2.45, 2.75) is 71.6 Å². The smallest absolute Gasteiger partial charge is 0.243 e. The molecule has 0 spiro atoms. The fourth-order valence-corrected chi connectivity index (χ4v) is 4.16. The van der Waals surface area contributed by atoms with Crippen molar-refractivity contribution >= 4 is 23.6 Å². The van der Waals surface area contributed by atoms with Gasteiger partial charge in [-0.1, -0.05) is 20.8 Å². The number of hydrogen-bond acceptors (Lipinski definition) is 4. The predicted molar refractivity (Wildman–Crippen MR) is 93.2 cm³/mol. The number of ether oxygens (including phenoxy) is 1. The molecule has 0 unspecified atom stereocenters. The van der Waals surface area contributed by atoms with Crippen molar-refractivity contribution in [1.82, 2.24) is 10.2 Å². The van der Waals surface area contributed by atoms with E-state index in [0.29, 0.717) is 17.7 Å². The fourth-order valence-electron chi connectivity index (χ4n) is 3.01. The highest BCUT2D eigenvalue weighted by atomic mass is 32.2. The number of nitrogens with zero attached hydrogens (tertiary/aromatic N) is 1. The van der Waals surface area contributed by atoms with Crippen LogP contribution in [0.15, 0.2) is 0 Å². The van der Waals surface area contributed by atoms with Crippen molar-refractivity contribution in [2.24, 2.45) is 5.41 Å². The first-order valence-corrected chi connectivity index (χ1v) is 9.75. The lowest BCUT2D eigenvalue weighted by molar-refractivity contribution is -0.144. The summed E-state index contributed by atoms with van der Waals surface area (Å²) in [6.45, 7) is 8.60. The third kappa shape index (κ3) is 5.11. The highest BCUT2D eigenvalue weighted by Gasteiger charge is 2.39. The van der Waals surface area contributed by atoms with Gasteiger partial charge in [0.1, 0.15) is 6.04 Å². The molecule has 0 bridgehead atoms. The van der Waals surface area contributed by atoms with Crippen molar-refractivity contribution in [3.05, 3.63) is 0 Å². The number of thioether (sulfide) groups is 1. The molecule has 5 nitrogen and oxygen atoms in total. The second-order valence-corrected chi connectivity index (χ2v) is 8.66. The van der Waals surface area contributed by atoms with Gasteiger partial charge in [0.25, 0.3) is 0 Å². The quantitative estimate of drug-likeness (QED) is 0.833. The summed E-state index contributed by atoms with van der Waals surface area (Å²) in [4.78, 5) is 26.8. The summed E-state index contributed by atoms with van der Waals surface area (Å²) in [6.07, 6.45) is 4.55. The van der Waals surface area contributed by atoms with E-state index in [1.54, 1.807) is 16.7 Å². The van der Waals surface area contributed by atoms with Gasteiger partial charge in [0.2, 0.25) is 11.8 Å². The van der Waals surface area contributed by atoms with Crippen molar-refractivity contribution in [1.29, 1.82) is 0 Å². The molecule has 2 aliphatic rings. The maximum atomic E-state index is 12.5. The summed E-state index contributed by atoms with van der Waals surface area (Å²) in [5.74, 6) is 1.33. The Morgan fingerprint density at radius 2 is 2.13 bits per heavy atom. The molecular formula is C17H30N2O3S. The fraction of sp³-hybridized carbons (Fsp3) is 0.882. The lowest BCUT2D eigenvalue weighted by Gasteiger charge is -2.30. The molecule has 2 rings (SSSR count). The van der Waals surface area contributed by atoms with Gasteiger partial charge in [-0.2, -0.15) is 0 Å². The first-order chi connectivity index (χ1) is 10.8. The van der Waals surface area contributed by atoms with Crippen molar-refractivity contribution in [3.63, 3.8) is 0 Å². The Labute approximate surface area is 143 Å². The predicted octanol–water partition coefficient (Wildman–Crippen LogP) is 2.40. The molecule has 0 aliphatic carbocycles. The maximum Gasteiger partial charge on any atom is 0.243 e. The van der Waals surface area contributed by atoms with Crippen LogP contribution in [-0.2, 0) is 14.3 Å². The van der Waals surface area contributed by atoms with Crippen LogP contribution in [0.4, 0.5) is 0 Å². The van der Waals surface area contributed by atoms with Crippen LogP contribution in [0.5, 0.6) is 0 Å². The molecular weight excluding hydrogens is 312 g/mol. The van der Waals surface area contributed by atoms with E-state index in [1.807, 2.05) is 27.7 Å². The second kappa shape index (κ2) is 7.88. The first-order valence-electron chi connectivity index (χ1n) is 8.60. The molecule has 23 heavy (non-hydrogen) atoms. The molecule has 132 valence electrons. The second-order valence-electron chi connectivity index (χ2n) is 7.66. The van der Waals surface area contributed by atoms with Crippen LogP contribution < -0.4 is 5.32 Å². The van der Waals surface area contributed by atoms with E-state index in [9.17, 15) is 9.59 Å². The highest BCUT2D eigenvalue weighted by Crippen LogP contribution is 2.27. The van der Waals surface area contributed by atoms with Gasteiger partial charge in [-0.15, -0.1) is 11.8 Å². The van der Waals surface area contributed by atoms with Crippen LogP contribution in [0.1, 0.15) is 53.4 Å². The number of nitrogens with one attached hydrogen (secondary N) is 1. The van der Waals surface area contributed by atoms with E-state index < -0.39 is 5.41 Å². The Balaban J connectivity index is 1.82. The topological polar surface area (TPSA) is 58.6 Å². The van der Waals surface area contributed by atoms with E-state index >= 15 is 0 Å². The molecule has 2 fully saturated rings. The molecule has 0 aromatic heterocycles. The van der Waals surface area contributed by atoms with Crippen LogP contribution in [0.25, 0.3) is 0 Å². The molecule has 0 aromatic carbocycles. The molecule has 2 aliphatic heterocycles. The number of carbonyl (C=O) groups excluding carboxylic acids is 2. The van der Waals surface area contributed by atoms with Gasteiger partial charge in [-0.05, 0) is 32.6 Å². The number of amides is 2. The molecule has 2 saturated heterocycles. The molecule has 3 atom stereocenters. The van der Waals surface area contributed by atoms with E-state index in [1.165, 1.54) is 0 Å². The summed E-state index contributed by atoms with van der Waals surface area (Å²) in [7, 11) is 0. The summed E-state index contributed by atoms with van der Waals surface area (Å²) in [5.41, 5.74) is -0.450. The van der Waals surface area contributed by atoms with Crippen LogP contribution in [0, 0.1) is 5.41 Å². The first kappa shape index (κ1) is 18.6. The molecule has 0 aromatic rings. The largest absolute Gasteiger partial charge is 0.378 e. The standard InChI is InChI=1S/C17H30N2O3S/c1-12(7-8-13-6-5-9-22-13)18-15(20)14-10-23-11-19(14)16(21)17(2,3)4/h12-14H,5-11H2,1-4H3,(H,18,20)/t12-,13-,14+/m1/s1. The van der Waals surface area contributed by atoms with Gasteiger partial charge in [0.15, 0.2) is 0 Å². The number of rotatable bonds is 5. The zero-order valence-corrected chi connectivity index (χ0v) is 15.6. The molecule has 0 saturated carbocycles. The van der Waals surface area contributed by atoms with Crippen molar-refractivity contribution in [3.8, 4) is 0 Å². The number of hydrogen-bond donors (Lipinski definition) is 1. The van der Waals surface area contributed by atoms with Crippen LogP contribution in [-0.4, -0.2) is 53.1 Å². The Morgan fingerprint density at radius 1 is 1.39 bits per heavy atom. The van der Waals surface area contributed by atoms with Gasteiger partial charge in [0, 0.05) is 23.8 Å². The molecule has 2 heterocycles. The monoisotopic (exact) mass is 342 g/mol. The summed E-state index contributed by atoms with van der Waals surface area (Å²) < 4.78 is 5.63. The van der Waals surface area contributed by atoms with Crippen LogP contribution in [0.2, 0.25) is 0 Å². The molecule has 2 amide bonds. The average molecular weight is 343 g/mol. The third-order valence-corrected chi connectivity index (χ3v) is 5.43. The Hall–Kier alpha value is -0.750. The minimum Gasteiger partial charge on any atom is -0.378 e. The minimum atomic E-state index is -0.450. The normalized spacial score (nSPS) is 26.3. The van der Waals surface area contributed by atoms with Gasteiger partial charge in [0.05, 0.1) is 12.0 Å². The van der Waals surface area contributed by atoms with E-state index in [0.717, 1.165) is 32.3 Å². The highest BCUT2D eigenvalue weighted by molar-refractivity contribution is 7.99. The van der Waals surface area contributed by atoms with Crippen LogP contribution >= 0.6 is 11.8 Å². The lowest BCUT2D eigenvalue weighted by Crippen LogP contribution is -2.51. The zero-order valence-electron chi connectivity index (χ0n) is 14.8. The van der Waals surface area contributed by atoms with Crippen LogP contribution in [0.3, 0.4) is 0 Å². The van der Waals surface area contributed by atoms with Gasteiger partial charge >= 0.3 is 0 Å². The minimum absolute atomic E-state index is 0.0209. The van der Waals surface area contributed by atoms with E-state index in [-0.39, 0.29) is 23.9 Å². The van der Waals surface area contributed by atoms with Crippen molar-refractivity contribution in [2.75, 3.05) is 18.2 Å². The Morgan fingerprint density at radius 3 is 2.74 bits per heavy atom. The molecule has 6 heteroatoms. The molecule has 1 N–H and O–H groups in total. The summed E-state index contributed by atoms with van der Waals surface area (Å²) in [5, 5.41) is 3.08. The number of carbonyl (C=O) groups is 2. The van der Waals surface area contributed by atoms with E-state index in [2.05, 4.69) is 5.32 Å². The average Bonchev–Trinajstić information content (AvgIpc) is 3.14. The van der Waals surface area contributed by atoms with Gasteiger partial charge < -0.3 is 15.0 Å². The van der Waals surface area contributed by atoms with Gasteiger partial charge in [-0.3, -0.25) is 9.59 Å². The zero-order chi connectivity index (χ0) is 17.0. The Bertz CT molecular complexity index is 430.